The largest absolute Gasteiger partial charge is 0.292 e. The molecule has 1 N–H and O–H groups in total. The first-order chi connectivity index (χ1) is 25.5. The fourth-order valence-corrected chi connectivity index (χ4v) is 8.62. The van der Waals surface area contributed by atoms with Crippen LogP contribution in [0.25, 0.3) is 82.3 Å². The van der Waals surface area contributed by atoms with Crippen LogP contribution in [-0.2, 0) is 5.41 Å². The molecule has 1 aliphatic carbocycles. The lowest BCUT2D eigenvalue weighted by atomic mass is 9.82. The number of benzene rings is 8. The molecule has 0 atom stereocenters. The van der Waals surface area contributed by atoms with Crippen molar-refractivity contribution in [1.29, 1.82) is 0 Å². The van der Waals surface area contributed by atoms with Gasteiger partial charge in [-0.05, 0) is 85.3 Å². The van der Waals surface area contributed by atoms with Crippen molar-refractivity contribution in [2.75, 3.05) is 0 Å². The number of hydrogen-bond donors (Lipinski definition) is 1. The van der Waals surface area contributed by atoms with Crippen LogP contribution in [0.2, 0.25) is 0 Å². The van der Waals surface area contributed by atoms with E-state index in [1.807, 2.05) is 6.07 Å². The molecule has 2 heterocycles. The second-order valence-corrected chi connectivity index (χ2v) is 14.6. The van der Waals surface area contributed by atoms with E-state index in [0.717, 1.165) is 17.1 Å². The van der Waals surface area contributed by atoms with Crippen LogP contribution in [0.4, 0.5) is 0 Å². The van der Waals surface area contributed by atoms with Crippen molar-refractivity contribution in [2.24, 2.45) is 0 Å². The van der Waals surface area contributed by atoms with Gasteiger partial charge in [-0.3, -0.25) is 9.67 Å². The summed E-state index contributed by atoms with van der Waals surface area (Å²) in [6, 6.07) is 58.9. The second-order valence-electron chi connectivity index (χ2n) is 14.6. The van der Waals surface area contributed by atoms with Gasteiger partial charge in [-0.25, -0.2) is 0 Å². The van der Waals surface area contributed by atoms with Crippen LogP contribution in [0.15, 0.2) is 164 Å². The summed E-state index contributed by atoms with van der Waals surface area (Å²) in [6.45, 7) is 6.82. The molecule has 0 radical (unpaired) electrons. The Hall–Kier alpha value is -6.45. The lowest BCUT2D eigenvalue weighted by Crippen LogP contribution is -2.15. The summed E-state index contributed by atoms with van der Waals surface area (Å²) >= 11 is 0. The minimum Gasteiger partial charge on any atom is -0.292 e. The van der Waals surface area contributed by atoms with E-state index in [1.165, 1.54) is 81.9 Å². The normalized spacial score (nSPS) is 13.1. The van der Waals surface area contributed by atoms with Crippen molar-refractivity contribution < 1.29 is 0 Å². The minimum atomic E-state index is -0.0395. The summed E-state index contributed by atoms with van der Waals surface area (Å²) < 4.78 is 2.30. The van der Waals surface area contributed by atoms with E-state index in [4.69, 9.17) is 5.10 Å². The first-order valence-electron chi connectivity index (χ1n) is 18.1. The van der Waals surface area contributed by atoms with Crippen LogP contribution >= 0.6 is 0 Å². The lowest BCUT2D eigenvalue weighted by molar-refractivity contribution is 0.661. The number of para-hydroxylation sites is 1. The minimum absolute atomic E-state index is 0.0395. The van der Waals surface area contributed by atoms with Crippen molar-refractivity contribution in [1.82, 2.24) is 14.8 Å². The third-order valence-electron chi connectivity index (χ3n) is 11.2. The summed E-state index contributed by atoms with van der Waals surface area (Å²) in [5.74, 6) is 0.910. The number of aryl methyl sites for hydroxylation is 1. The van der Waals surface area contributed by atoms with Crippen LogP contribution in [0, 0.1) is 6.92 Å². The van der Waals surface area contributed by atoms with Gasteiger partial charge in [0.1, 0.15) is 0 Å². The van der Waals surface area contributed by atoms with Gasteiger partial charge >= 0.3 is 0 Å². The number of rotatable bonds is 2. The molecule has 1 aliphatic rings. The van der Waals surface area contributed by atoms with Crippen LogP contribution < -0.4 is 0 Å². The predicted molar refractivity (Wildman–Crippen MR) is 220 cm³/mol. The van der Waals surface area contributed by atoms with E-state index in [1.54, 1.807) is 0 Å². The number of aromatic amines is 1. The maximum absolute atomic E-state index is 4.74. The molecule has 0 aliphatic heterocycles. The van der Waals surface area contributed by atoms with Gasteiger partial charge in [0.15, 0.2) is 5.82 Å². The zero-order chi connectivity index (χ0) is 35.0. The first kappa shape index (κ1) is 30.4. The average molecular weight is 668 g/mol. The number of nitrogens with zero attached hydrogens (tertiary/aromatic N) is 2. The smallest absolute Gasteiger partial charge is 0.160 e. The average Bonchev–Trinajstić information content (AvgIpc) is 3.86. The molecule has 0 spiro atoms. The highest BCUT2D eigenvalue weighted by Crippen LogP contribution is 2.51. The van der Waals surface area contributed by atoms with Crippen molar-refractivity contribution >= 4 is 54.1 Å². The Balaban J connectivity index is 0.000000151. The lowest BCUT2D eigenvalue weighted by Gasteiger charge is -2.21. The van der Waals surface area contributed by atoms with E-state index in [9.17, 15) is 0 Å². The Morgan fingerprint density at radius 3 is 1.79 bits per heavy atom. The quantitative estimate of drug-likeness (QED) is 0.183. The molecule has 0 amide bonds. The third-order valence-corrected chi connectivity index (χ3v) is 11.2. The SMILES string of the molecule is CC1(C)c2ccccc2-c2cc3c4ccccc4n(-c4cc(-c5ccccc5)[nH]n4)c3cc21.Cc1ccc2c3ccccc3c3ccccc3c2c1. The number of aromatic nitrogens is 3. The predicted octanol–water partition coefficient (Wildman–Crippen LogP) is 12.9. The van der Waals surface area contributed by atoms with Gasteiger partial charge in [-0.15, -0.1) is 0 Å². The molecule has 0 saturated heterocycles. The number of H-pyrrole nitrogens is 1. The maximum atomic E-state index is 4.74. The maximum Gasteiger partial charge on any atom is 0.160 e. The molecule has 11 rings (SSSR count). The molecule has 248 valence electrons. The molecule has 0 saturated carbocycles. The van der Waals surface area contributed by atoms with Gasteiger partial charge in [-0.2, -0.15) is 5.10 Å². The van der Waals surface area contributed by atoms with Crippen molar-refractivity contribution in [3.8, 4) is 28.2 Å². The standard InChI is InChI=1S/C30H23N3.C19H14/c1-30(2)24-14-8-6-12-20(24)22-16-23-21-13-7-9-15-27(21)33(28(23)17-25(22)30)29-18-26(31-32-29)19-10-4-3-5-11-19;1-13-10-11-18-16-8-3-2-6-14(16)15-7-4-5-9-17(15)19(18)12-13/h3-18H,1-2H3,(H,31,32);2-12H,1H3. The Kier molecular flexibility index (Phi) is 6.74. The van der Waals surface area contributed by atoms with Gasteiger partial charge in [0.25, 0.3) is 0 Å². The summed E-state index contributed by atoms with van der Waals surface area (Å²) in [6.07, 6.45) is 0. The van der Waals surface area contributed by atoms with Crippen molar-refractivity contribution in [3.63, 3.8) is 0 Å². The summed E-state index contributed by atoms with van der Waals surface area (Å²) in [4.78, 5) is 0. The van der Waals surface area contributed by atoms with Crippen LogP contribution in [0.3, 0.4) is 0 Å². The molecule has 2 aromatic heterocycles. The first-order valence-corrected chi connectivity index (χ1v) is 18.1. The Morgan fingerprint density at radius 1 is 0.462 bits per heavy atom. The van der Waals surface area contributed by atoms with Gasteiger partial charge in [0.05, 0.1) is 16.7 Å². The van der Waals surface area contributed by atoms with Gasteiger partial charge in [0.2, 0.25) is 0 Å². The monoisotopic (exact) mass is 667 g/mol. The number of fused-ring (bicyclic) bond motifs is 12. The molecule has 0 bridgehead atoms. The molecule has 10 aromatic rings. The van der Waals surface area contributed by atoms with E-state index >= 15 is 0 Å². The van der Waals surface area contributed by atoms with E-state index < -0.39 is 0 Å². The Morgan fingerprint density at radius 2 is 1.06 bits per heavy atom. The molecule has 0 fully saturated rings. The van der Waals surface area contributed by atoms with Gasteiger partial charge in [0, 0.05) is 22.3 Å². The fraction of sp³-hybridized carbons (Fsp3) is 0.0816. The van der Waals surface area contributed by atoms with Crippen LogP contribution in [-0.4, -0.2) is 14.8 Å². The molecular weight excluding hydrogens is 631 g/mol. The fourth-order valence-electron chi connectivity index (χ4n) is 8.62. The van der Waals surface area contributed by atoms with Crippen LogP contribution in [0.5, 0.6) is 0 Å². The third kappa shape index (κ3) is 4.56. The van der Waals surface area contributed by atoms with Gasteiger partial charge < -0.3 is 0 Å². The summed E-state index contributed by atoms with van der Waals surface area (Å²) in [5, 5.41) is 18.6. The highest BCUT2D eigenvalue weighted by Gasteiger charge is 2.36. The van der Waals surface area contributed by atoms with E-state index in [-0.39, 0.29) is 5.41 Å². The number of hydrogen-bond acceptors (Lipinski definition) is 1. The van der Waals surface area contributed by atoms with Crippen molar-refractivity contribution in [3.05, 3.63) is 180 Å². The highest BCUT2D eigenvalue weighted by atomic mass is 15.2. The second kappa shape index (κ2) is 11.5. The molecule has 0 unspecified atom stereocenters. The Labute approximate surface area is 302 Å². The summed E-state index contributed by atoms with van der Waals surface area (Å²) in [5.41, 5.74) is 11.3. The molecule has 8 aromatic carbocycles. The Bertz CT molecular complexity index is 2960. The zero-order valence-electron chi connectivity index (χ0n) is 29.5. The highest BCUT2D eigenvalue weighted by molar-refractivity contribution is 6.25. The molecule has 3 nitrogen and oxygen atoms in total. The van der Waals surface area contributed by atoms with E-state index in [0.29, 0.717) is 0 Å². The summed E-state index contributed by atoms with van der Waals surface area (Å²) in [7, 11) is 0. The molecule has 52 heavy (non-hydrogen) atoms. The van der Waals surface area contributed by atoms with Crippen LogP contribution in [0.1, 0.15) is 30.5 Å². The molecular formula is C49H37N3. The van der Waals surface area contributed by atoms with Gasteiger partial charge in [-0.1, -0.05) is 159 Å². The topological polar surface area (TPSA) is 33.6 Å². The zero-order valence-corrected chi connectivity index (χ0v) is 29.5. The number of nitrogens with one attached hydrogen (secondary N) is 1. The van der Waals surface area contributed by atoms with E-state index in [2.05, 4.69) is 188 Å². The molecule has 3 heteroatoms. The van der Waals surface area contributed by atoms with Crippen molar-refractivity contribution in [2.45, 2.75) is 26.2 Å².